The highest BCUT2D eigenvalue weighted by atomic mass is 79.9. The van der Waals surface area contributed by atoms with Crippen LogP contribution in [0.5, 0.6) is 0 Å². The van der Waals surface area contributed by atoms with Gasteiger partial charge in [0, 0.05) is 0 Å². The minimum absolute atomic E-state index is 0.472. The second-order valence-corrected chi connectivity index (χ2v) is 3.30. The van der Waals surface area contributed by atoms with Gasteiger partial charge in [-0.25, -0.2) is 5.84 Å². The molecule has 1 rings (SSSR count). The summed E-state index contributed by atoms with van der Waals surface area (Å²) in [7, 11) is 0. The van der Waals surface area contributed by atoms with Crippen LogP contribution in [0.2, 0.25) is 0 Å². The second kappa shape index (κ2) is 2.81. The third-order valence-corrected chi connectivity index (χ3v) is 2.64. The van der Waals surface area contributed by atoms with E-state index in [-0.39, 0.29) is 0 Å². The van der Waals surface area contributed by atoms with Crippen LogP contribution >= 0.6 is 32.1 Å². The van der Waals surface area contributed by atoms with E-state index < -0.39 is 0 Å². The molecule has 0 aromatic heterocycles. The predicted octanol–water partition coefficient (Wildman–Crippen LogP) is 0.739. The van der Waals surface area contributed by atoms with Gasteiger partial charge in [0.25, 0.3) is 0 Å². The molecule has 0 atom stereocenters. The molecule has 0 spiro atoms. The van der Waals surface area contributed by atoms with E-state index in [1.165, 1.54) is 5.01 Å². The molecule has 1 aliphatic rings. The molecule has 1 aliphatic heterocycles. The van der Waals surface area contributed by atoms with Crippen molar-refractivity contribution in [1.82, 2.24) is 8.93 Å². The molecule has 10 heavy (non-hydrogen) atoms. The van der Waals surface area contributed by atoms with E-state index in [4.69, 9.17) is 11.6 Å². The van der Waals surface area contributed by atoms with Crippen molar-refractivity contribution in [3.8, 4) is 0 Å². The zero-order valence-corrected chi connectivity index (χ0v) is 8.13. The normalized spacial score (nSPS) is 18.7. The first-order valence-electron chi connectivity index (χ1n) is 2.45. The summed E-state index contributed by atoms with van der Waals surface area (Å²) in [5.41, 5.74) is 5.46. The van der Waals surface area contributed by atoms with Gasteiger partial charge in [-0.05, 0) is 15.9 Å². The molecule has 0 saturated heterocycles. The van der Waals surface area contributed by atoms with Gasteiger partial charge < -0.3 is 5.73 Å². The molecule has 0 radical (unpaired) electrons. The molecule has 0 saturated carbocycles. The summed E-state index contributed by atoms with van der Waals surface area (Å²) < 4.78 is 2.44. The SMILES string of the molecule is NC1=CN(Br)C(Br)=CN1N. The third-order valence-electron chi connectivity index (χ3n) is 0.993. The maximum absolute atomic E-state index is 5.46. The number of nitrogens with zero attached hydrogens (tertiary/aromatic N) is 2. The van der Waals surface area contributed by atoms with Gasteiger partial charge in [-0.3, -0.25) is 8.93 Å². The first kappa shape index (κ1) is 7.90. The van der Waals surface area contributed by atoms with Crippen LogP contribution in [0, 0.1) is 0 Å². The summed E-state index contributed by atoms with van der Waals surface area (Å²) >= 11 is 6.44. The number of nitrogens with two attached hydrogens (primary N) is 2. The lowest BCUT2D eigenvalue weighted by Gasteiger charge is -2.23. The van der Waals surface area contributed by atoms with Gasteiger partial charge in [0.15, 0.2) is 0 Å². The minimum Gasteiger partial charge on any atom is -0.383 e. The highest BCUT2D eigenvalue weighted by Gasteiger charge is 2.10. The minimum atomic E-state index is 0.472. The maximum atomic E-state index is 5.46. The standard InChI is InChI=1S/C4H6Br2N4/c5-3-1-10(8)4(7)2-9(3)6/h1-2H,7-8H2. The summed E-state index contributed by atoms with van der Waals surface area (Å²) in [4.78, 5) is 0. The molecule has 4 nitrogen and oxygen atoms in total. The first-order chi connectivity index (χ1) is 4.61. The summed E-state index contributed by atoms with van der Waals surface area (Å²) in [6.07, 6.45) is 3.29. The lowest BCUT2D eigenvalue weighted by Crippen LogP contribution is -2.33. The van der Waals surface area contributed by atoms with E-state index in [0.29, 0.717) is 5.82 Å². The molecule has 0 bridgehead atoms. The van der Waals surface area contributed by atoms with Crippen molar-refractivity contribution >= 4 is 32.1 Å². The molecule has 0 aliphatic carbocycles. The summed E-state index contributed by atoms with van der Waals surface area (Å²) in [5, 5.41) is 1.32. The van der Waals surface area contributed by atoms with E-state index in [2.05, 4.69) is 32.1 Å². The highest BCUT2D eigenvalue weighted by Crippen LogP contribution is 2.22. The molecule has 1 heterocycles. The number of hydrogen-bond acceptors (Lipinski definition) is 4. The number of hydrogen-bond donors (Lipinski definition) is 2. The van der Waals surface area contributed by atoms with Crippen molar-refractivity contribution in [1.29, 1.82) is 0 Å². The number of hydrazine groups is 1. The van der Waals surface area contributed by atoms with E-state index in [1.807, 2.05) is 0 Å². The van der Waals surface area contributed by atoms with Gasteiger partial charge in [0.05, 0.1) is 28.5 Å². The molecule has 0 amide bonds. The smallest absolute Gasteiger partial charge is 0.135 e. The quantitative estimate of drug-likeness (QED) is 0.387. The van der Waals surface area contributed by atoms with Crippen LogP contribution in [0.4, 0.5) is 0 Å². The van der Waals surface area contributed by atoms with Crippen LogP contribution < -0.4 is 11.6 Å². The maximum Gasteiger partial charge on any atom is 0.135 e. The average Bonchev–Trinajstić information content (AvgIpc) is 1.84. The molecular weight excluding hydrogens is 264 g/mol. The molecule has 0 aromatic rings. The third kappa shape index (κ3) is 1.44. The lowest BCUT2D eigenvalue weighted by atomic mass is 10.6. The summed E-state index contributed by atoms with van der Waals surface area (Å²) in [6.45, 7) is 0. The summed E-state index contributed by atoms with van der Waals surface area (Å²) in [5.74, 6) is 5.89. The van der Waals surface area contributed by atoms with Crippen LogP contribution in [0.1, 0.15) is 0 Å². The molecule has 6 heteroatoms. The summed E-state index contributed by atoms with van der Waals surface area (Å²) in [6, 6.07) is 0. The Labute approximate surface area is 75.6 Å². The Morgan fingerprint density at radius 3 is 2.50 bits per heavy atom. The van der Waals surface area contributed by atoms with E-state index in [0.717, 1.165) is 4.61 Å². The van der Waals surface area contributed by atoms with Crippen LogP contribution in [0.25, 0.3) is 0 Å². The molecule has 4 N–H and O–H groups in total. The fraction of sp³-hybridized carbons (Fsp3) is 0. The van der Waals surface area contributed by atoms with Gasteiger partial charge in [-0.2, -0.15) is 0 Å². The monoisotopic (exact) mass is 268 g/mol. The van der Waals surface area contributed by atoms with Gasteiger partial charge in [0.2, 0.25) is 0 Å². The van der Waals surface area contributed by atoms with Crippen LogP contribution in [0.15, 0.2) is 22.8 Å². The Morgan fingerprint density at radius 2 is 2.00 bits per heavy atom. The number of rotatable bonds is 0. The Morgan fingerprint density at radius 1 is 1.40 bits per heavy atom. The predicted molar refractivity (Wildman–Crippen MR) is 46.1 cm³/mol. The molecule has 0 aromatic carbocycles. The van der Waals surface area contributed by atoms with Gasteiger partial charge in [-0.15, -0.1) is 0 Å². The molecule has 0 fully saturated rings. The van der Waals surface area contributed by atoms with Crippen molar-refractivity contribution < 1.29 is 0 Å². The number of halogens is 2. The first-order valence-corrected chi connectivity index (χ1v) is 3.95. The van der Waals surface area contributed by atoms with Crippen molar-refractivity contribution in [3.63, 3.8) is 0 Å². The van der Waals surface area contributed by atoms with Gasteiger partial charge >= 0.3 is 0 Å². The fourth-order valence-electron chi connectivity index (χ4n) is 0.489. The van der Waals surface area contributed by atoms with Crippen molar-refractivity contribution in [2.75, 3.05) is 0 Å². The fourth-order valence-corrected chi connectivity index (χ4v) is 1.11. The second-order valence-electron chi connectivity index (χ2n) is 1.72. The van der Waals surface area contributed by atoms with E-state index in [1.54, 1.807) is 16.3 Å². The van der Waals surface area contributed by atoms with Gasteiger partial charge in [-0.1, -0.05) is 0 Å². The van der Waals surface area contributed by atoms with E-state index in [9.17, 15) is 0 Å². The zero-order chi connectivity index (χ0) is 7.72. The Kier molecular flexibility index (Phi) is 2.22. The Hall–Kier alpha value is -0.200. The Bertz CT molecular complexity index is 177. The molecule has 0 unspecified atom stereocenters. The largest absolute Gasteiger partial charge is 0.383 e. The van der Waals surface area contributed by atoms with Crippen molar-refractivity contribution in [2.24, 2.45) is 11.6 Å². The van der Waals surface area contributed by atoms with Crippen molar-refractivity contribution in [2.45, 2.75) is 0 Å². The lowest BCUT2D eigenvalue weighted by molar-refractivity contribution is 0.455. The zero-order valence-electron chi connectivity index (χ0n) is 4.96. The Balaban J connectivity index is 2.81. The van der Waals surface area contributed by atoms with Crippen molar-refractivity contribution in [3.05, 3.63) is 22.8 Å². The van der Waals surface area contributed by atoms with Crippen LogP contribution in [0.3, 0.4) is 0 Å². The van der Waals surface area contributed by atoms with E-state index >= 15 is 0 Å². The molecular formula is C4H6Br2N4. The van der Waals surface area contributed by atoms with Gasteiger partial charge in [0.1, 0.15) is 10.4 Å². The topological polar surface area (TPSA) is 58.5 Å². The average molecular weight is 270 g/mol. The highest BCUT2D eigenvalue weighted by molar-refractivity contribution is 9.13. The molecule has 56 valence electrons. The van der Waals surface area contributed by atoms with Crippen LogP contribution in [-0.2, 0) is 0 Å². The van der Waals surface area contributed by atoms with Crippen LogP contribution in [-0.4, -0.2) is 8.93 Å².